The number of ether oxygens (including phenoxy) is 1. The smallest absolute Gasteiger partial charge is 0.326 e. The SMILES string of the molecule is CC(=O)c1ccc(N)cc1.NCC1CCC(C(=O)N[C@@H](Cc2cccc(Oc3ccccc3)c2)C(=O)O)CC1. The Morgan fingerprint density at radius 3 is 2.15 bits per heavy atom. The number of para-hydroxylation sites is 1. The number of ketones is 1. The Labute approximate surface area is 229 Å². The summed E-state index contributed by atoms with van der Waals surface area (Å²) in [4.78, 5) is 35.0. The number of hydrogen-bond acceptors (Lipinski definition) is 6. The maximum absolute atomic E-state index is 12.6. The maximum atomic E-state index is 12.6. The molecule has 0 saturated heterocycles. The van der Waals surface area contributed by atoms with Gasteiger partial charge in [-0.3, -0.25) is 9.59 Å². The van der Waals surface area contributed by atoms with Crippen LogP contribution in [0.1, 0.15) is 48.5 Å². The monoisotopic (exact) mass is 531 g/mol. The zero-order chi connectivity index (χ0) is 28.2. The fourth-order valence-corrected chi connectivity index (χ4v) is 4.46. The average Bonchev–Trinajstić information content (AvgIpc) is 2.94. The van der Waals surface area contributed by atoms with Crippen LogP contribution in [0.25, 0.3) is 0 Å². The Balaban J connectivity index is 0.000000353. The molecule has 1 amide bonds. The number of carbonyl (C=O) groups is 3. The molecule has 6 N–H and O–H groups in total. The summed E-state index contributed by atoms with van der Waals surface area (Å²) in [6.45, 7) is 2.18. The number of anilines is 1. The molecule has 1 aliphatic rings. The third kappa shape index (κ3) is 9.57. The van der Waals surface area contributed by atoms with E-state index in [1.54, 1.807) is 24.3 Å². The summed E-state index contributed by atoms with van der Waals surface area (Å²) >= 11 is 0. The van der Waals surface area contributed by atoms with E-state index in [0.29, 0.717) is 35.2 Å². The highest BCUT2D eigenvalue weighted by Crippen LogP contribution is 2.28. The van der Waals surface area contributed by atoms with Crippen LogP contribution in [0.5, 0.6) is 11.5 Å². The van der Waals surface area contributed by atoms with Crippen molar-refractivity contribution in [3.05, 3.63) is 90.0 Å². The molecule has 1 saturated carbocycles. The highest BCUT2D eigenvalue weighted by molar-refractivity contribution is 5.94. The van der Waals surface area contributed by atoms with Crippen LogP contribution in [-0.2, 0) is 16.0 Å². The van der Waals surface area contributed by atoms with Crippen molar-refractivity contribution < 1.29 is 24.2 Å². The van der Waals surface area contributed by atoms with Gasteiger partial charge in [0.1, 0.15) is 17.5 Å². The first-order valence-electron chi connectivity index (χ1n) is 13.2. The van der Waals surface area contributed by atoms with Crippen LogP contribution in [0, 0.1) is 11.8 Å². The van der Waals surface area contributed by atoms with Gasteiger partial charge in [0.05, 0.1) is 0 Å². The molecular weight excluding hydrogens is 494 g/mol. The van der Waals surface area contributed by atoms with Gasteiger partial charge in [0.2, 0.25) is 5.91 Å². The number of aliphatic carboxylic acids is 1. The Morgan fingerprint density at radius 1 is 0.923 bits per heavy atom. The molecule has 1 atom stereocenters. The van der Waals surface area contributed by atoms with Gasteiger partial charge in [-0.25, -0.2) is 4.79 Å². The topological polar surface area (TPSA) is 145 Å². The second-order valence-corrected chi connectivity index (χ2v) is 9.80. The minimum atomic E-state index is -1.04. The van der Waals surface area contributed by atoms with Crippen molar-refractivity contribution in [2.24, 2.45) is 17.6 Å². The largest absolute Gasteiger partial charge is 0.480 e. The number of rotatable bonds is 9. The number of carbonyl (C=O) groups excluding carboxylic acids is 2. The van der Waals surface area contributed by atoms with Crippen LogP contribution in [0.3, 0.4) is 0 Å². The highest BCUT2D eigenvalue weighted by Gasteiger charge is 2.29. The number of amides is 1. The zero-order valence-corrected chi connectivity index (χ0v) is 22.2. The number of Topliss-reactive ketones (excluding diaryl/α,β-unsaturated/α-hetero) is 1. The number of carboxylic acid groups (broad SMARTS) is 1. The molecule has 4 rings (SSSR count). The van der Waals surface area contributed by atoms with Crippen molar-refractivity contribution in [2.45, 2.75) is 45.1 Å². The molecule has 8 nitrogen and oxygen atoms in total. The van der Waals surface area contributed by atoms with Gasteiger partial charge in [-0.1, -0.05) is 30.3 Å². The first kappa shape index (κ1) is 29.4. The molecule has 0 radical (unpaired) electrons. The Kier molecular flexibility index (Phi) is 11.1. The predicted molar refractivity (Wildman–Crippen MR) is 152 cm³/mol. The van der Waals surface area contributed by atoms with Crippen LogP contribution >= 0.6 is 0 Å². The lowest BCUT2D eigenvalue weighted by Gasteiger charge is -2.27. The summed E-state index contributed by atoms with van der Waals surface area (Å²) in [6, 6.07) is 22.6. The Bertz CT molecular complexity index is 1220. The van der Waals surface area contributed by atoms with Gasteiger partial charge in [0.15, 0.2) is 5.78 Å². The molecule has 39 heavy (non-hydrogen) atoms. The first-order chi connectivity index (χ1) is 18.7. The van der Waals surface area contributed by atoms with Gasteiger partial charge >= 0.3 is 5.97 Å². The van der Waals surface area contributed by atoms with Crippen LogP contribution in [-0.4, -0.2) is 35.4 Å². The maximum Gasteiger partial charge on any atom is 0.326 e. The molecule has 0 aliphatic heterocycles. The Morgan fingerprint density at radius 2 is 1.56 bits per heavy atom. The fourth-order valence-electron chi connectivity index (χ4n) is 4.46. The van der Waals surface area contributed by atoms with E-state index in [9.17, 15) is 19.5 Å². The number of carboxylic acids is 1. The summed E-state index contributed by atoms with van der Waals surface area (Å²) in [5.41, 5.74) is 13.3. The van der Waals surface area contributed by atoms with E-state index >= 15 is 0 Å². The minimum Gasteiger partial charge on any atom is -0.480 e. The molecule has 3 aromatic carbocycles. The van der Waals surface area contributed by atoms with Gasteiger partial charge in [0.25, 0.3) is 0 Å². The van der Waals surface area contributed by atoms with Crippen LogP contribution in [0.2, 0.25) is 0 Å². The lowest BCUT2D eigenvalue weighted by Crippen LogP contribution is -2.45. The standard InChI is InChI=1S/C23H28N2O4.C8H9NO/c24-15-16-9-11-18(12-10-16)22(26)25-21(23(27)28)14-17-5-4-8-20(13-17)29-19-6-2-1-3-7-19;1-6(10)7-2-4-8(9)5-3-7/h1-8,13,16,18,21H,9-12,14-15,24H2,(H,25,26)(H,27,28);2-5H,9H2,1H3/t16?,18?,21-;/m0./s1. The molecule has 0 spiro atoms. The molecular formula is C31H37N3O5. The van der Waals surface area contributed by atoms with Crippen LogP contribution < -0.4 is 21.5 Å². The molecule has 1 fully saturated rings. The predicted octanol–water partition coefficient (Wildman–Crippen LogP) is 4.83. The number of hydrogen-bond donors (Lipinski definition) is 4. The van der Waals surface area contributed by atoms with E-state index in [1.807, 2.05) is 54.6 Å². The van der Waals surface area contributed by atoms with Gasteiger partial charge in [-0.05, 0) is 99.2 Å². The van der Waals surface area contributed by atoms with Gasteiger partial charge < -0.3 is 26.6 Å². The van der Waals surface area contributed by atoms with E-state index < -0.39 is 12.0 Å². The second-order valence-electron chi connectivity index (χ2n) is 9.80. The van der Waals surface area contributed by atoms with Crippen molar-refractivity contribution in [3.63, 3.8) is 0 Å². The van der Waals surface area contributed by atoms with Crippen LogP contribution in [0.4, 0.5) is 5.69 Å². The quantitative estimate of drug-likeness (QED) is 0.229. The number of nitrogens with two attached hydrogens (primary N) is 2. The van der Waals surface area contributed by atoms with E-state index in [0.717, 1.165) is 31.2 Å². The number of benzene rings is 3. The molecule has 206 valence electrons. The Hall–Kier alpha value is -4.17. The summed E-state index contributed by atoms with van der Waals surface area (Å²) in [5, 5.41) is 12.3. The van der Waals surface area contributed by atoms with E-state index in [-0.39, 0.29) is 24.0 Å². The zero-order valence-electron chi connectivity index (χ0n) is 22.2. The number of nitrogens with one attached hydrogen (secondary N) is 1. The summed E-state index contributed by atoms with van der Waals surface area (Å²) in [7, 11) is 0. The third-order valence-corrected chi connectivity index (χ3v) is 6.80. The fraction of sp³-hybridized carbons (Fsp3) is 0.323. The van der Waals surface area contributed by atoms with E-state index in [4.69, 9.17) is 16.2 Å². The summed E-state index contributed by atoms with van der Waals surface area (Å²) in [5.74, 6) is 0.534. The van der Waals surface area contributed by atoms with Gasteiger partial charge in [-0.15, -0.1) is 0 Å². The third-order valence-electron chi connectivity index (χ3n) is 6.80. The molecule has 0 heterocycles. The lowest BCUT2D eigenvalue weighted by molar-refractivity contribution is -0.142. The molecule has 3 aromatic rings. The number of nitrogen functional groups attached to an aromatic ring is 1. The van der Waals surface area contributed by atoms with Crippen molar-refractivity contribution >= 4 is 23.3 Å². The van der Waals surface area contributed by atoms with E-state index in [1.165, 1.54) is 6.92 Å². The normalized spacial score (nSPS) is 17.2. The summed E-state index contributed by atoms with van der Waals surface area (Å²) < 4.78 is 5.81. The molecule has 8 heteroatoms. The van der Waals surface area contributed by atoms with Crippen molar-refractivity contribution in [2.75, 3.05) is 12.3 Å². The molecule has 1 aliphatic carbocycles. The lowest BCUT2D eigenvalue weighted by atomic mass is 9.81. The van der Waals surface area contributed by atoms with E-state index in [2.05, 4.69) is 5.32 Å². The molecule has 0 bridgehead atoms. The average molecular weight is 532 g/mol. The molecule has 0 unspecified atom stereocenters. The minimum absolute atomic E-state index is 0.0694. The summed E-state index contributed by atoms with van der Waals surface area (Å²) in [6.07, 6.45) is 3.57. The van der Waals surface area contributed by atoms with Crippen molar-refractivity contribution in [1.82, 2.24) is 5.32 Å². The van der Waals surface area contributed by atoms with Crippen molar-refractivity contribution in [1.29, 1.82) is 0 Å². The van der Waals surface area contributed by atoms with Gasteiger partial charge in [-0.2, -0.15) is 0 Å². The van der Waals surface area contributed by atoms with Gasteiger partial charge in [0, 0.05) is 23.6 Å². The van der Waals surface area contributed by atoms with Crippen molar-refractivity contribution in [3.8, 4) is 11.5 Å². The molecule has 0 aromatic heterocycles. The second kappa shape index (κ2) is 14.7. The first-order valence-corrected chi connectivity index (χ1v) is 13.2. The highest BCUT2D eigenvalue weighted by atomic mass is 16.5. The van der Waals surface area contributed by atoms with Crippen LogP contribution in [0.15, 0.2) is 78.9 Å².